The predicted octanol–water partition coefficient (Wildman–Crippen LogP) is 2.43. The van der Waals surface area contributed by atoms with Crippen LogP contribution in [0, 0.1) is 0 Å². The van der Waals surface area contributed by atoms with Crippen LogP contribution in [0.5, 0.6) is 0 Å². The number of hydrogen-bond acceptors (Lipinski definition) is 2. The molecule has 2 aromatic carbocycles. The maximum Gasteiger partial charge on any atom is 0.240 e. The molecule has 0 aromatic heterocycles. The van der Waals surface area contributed by atoms with Crippen molar-refractivity contribution in [3.05, 3.63) is 71.8 Å². The molecule has 3 nitrogen and oxygen atoms in total. The van der Waals surface area contributed by atoms with E-state index < -0.39 is 5.54 Å². The summed E-state index contributed by atoms with van der Waals surface area (Å²) in [5.74, 6) is 0.123. The van der Waals surface area contributed by atoms with Gasteiger partial charge in [-0.25, -0.2) is 0 Å². The Morgan fingerprint density at radius 1 is 1.00 bits per heavy atom. The van der Waals surface area contributed by atoms with E-state index in [-0.39, 0.29) is 11.8 Å². The number of hydrogen-bond donors (Lipinski definition) is 2. The number of rotatable bonds is 5. The highest BCUT2D eigenvalue weighted by Gasteiger charge is 2.45. The quantitative estimate of drug-likeness (QED) is 0.883. The highest BCUT2D eigenvalue weighted by atomic mass is 16.2. The van der Waals surface area contributed by atoms with E-state index in [2.05, 4.69) is 29.6 Å². The van der Waals surface area contributed by atoms with Gasteiger partial charge in [0.15, 0.2) is 0 Å². The van der Waals surface area contributed by atoms with Gasteiger partial charge in [-0.1, -0.05) is 60.7 Å². The maximum absolute atomic E-state index is 12.1. The lowest BCUT2D eigenvalue weighted by Gasteiger charge is -2.20. The molecule has 1 aliphatic carbocycles. The Morgan fingerprint density at radius 2 is 1.48 bits per heavy atom. The number of carbonyl (C=O) groups is 1. The number of benzene rings is 2. The van der Waals surface area contributed by atoms with E-state index in [0.717, 1.165) is 12.8 Å². The lowest BCUT2D eigenvalue weighted by atomic mass is 9.91. The molecule has 0 heterocycles. The summed E-state index contributed by atoms with van der Waals surface area (Å²) in [6, 6.07) is 20.5. The van der Waals surface area contributed by atoms with Gasteiger partial charge in [0, 0.05) is 12.5 Å². The lowest BCUT2D eigenvalue weighted by molar-refractivity contribution is -0.123. The SMILES string of the molecule is NC1(C(=O)NCC(c2ccccc2)c2ccccc2)CC1. The van der Waals surface area contributed by atoms with Gasteiger partial charge in [-0.3, -0.25) is 4.79 Å². The van der Waals surface area contributed by atoms with Gasteiger partial charge in [-0.05, 0) is 24.0 Å². The summed E-state index contributed by atoms with van der Waals surface area (Å²) in [6.07, 6.45) is 1.58. The van der Waals surface area contributed by atoms with Gasteiger partial charge in [-0.15, -0.1) is 0 Å². The Hall–Kier alpha value is -2.13. The topological polar surface area (TPSA) is 55.1 Å². The molecule has 3 N–H and O–H groups in total. The lowest BCUT2D eigenvalue weighted by Crippen LogP contribution is -2.44. The van der Waals surface area contributed by atoms with E-state index in [4.69, 9.17) is 5.73 Å². The summed E-state index contributed by atoms with van der Waals surface area (Å²) in [7, 11) is 0. The highest BCUT2D eigenvalue weighted by Crippen LogP contribution is 2.32. The van der Waals surface area contributed by atoms with Crippen molar-refractivity contribution < 1.29 is 4.79 Å². The molecule has 1 fully saturated rings. The van der Waals surface area contributed by atoms with Crippen LogP contribution >= 0.6 is 0 Å². The summed E-state index contributed by atoms with van der Waals surface area (Å²) in [5.41, 5.74) is 7.73. The van der Waals surface area contributed by atoms with Crippen LogP contribution in [-0.4, -0.2) is 18.0 Å². The second-order valence-corrected chi connectivity index (χ2v) is 5.74. The highest BCUT2D eigenvalue weighted by molar-refractivity contribution is 5.89. The van der Waals surface area contributed by atoms with Gasteiger partial charge < -0.3 is 11.1 Å². The van der Waals surface area contributed by atoms with Gasteiger partial charge in [0.25, 0.3) is 0 Å². The van der Waals surface area contributed by atoms with Crippen LogP contribution in [0.2, 0.25) is 0 Å². The van der Waals surface area contributed by atoms with Crippen molar-refractivity contribution in [1.29, 1.82) is 0 Å². The zero-order valence-electron chi connectivity index (χ0n) is 12.0. The minimum absolute atomic E-state index is 0.0284. The minimum atomic E-state index is -0.613. The maximum atomic E-state index is 12.1. The molecule has 1 aliphatic rings. The van der Waals surface area contributed by atoms with Crippen molar-refractivity contribution in [2.45, 2.75) is 24.3 Å². The first-order valence-corrected chi connectivity index (χ1v) is 7.36. The Labute approximate surface area is 125 Å². The second-order valence-electron chi connectivity index (χ2n) is 5.74. The van der Waals surface area contributed by atoms with E-state index in [0.29, 0.717) is 6.54 Å². The summed E-state index contributed by atoms with van der Waals surface area (Å²) < 4.78 is 0. The molecule has 0 aliphatic heterocycles. The van der Waals surface area contributed by atoms with Gasteiger partial charge in [0.05, 0.1) is 5.54 Å². The molecular weight excluding hydrogens is 260 g/mol. The van der Waals surface area contributed by atoms with Crippen LogP contribution in [0.15, 0.2) is 60.7 Å². The molecule has 3 heteroatoms. The zero-order valence-corrected chi connectivity index (χ0v) is 12.0. The smallest absolute Gasteiger partial charge is 0.240 e. The van der Waals surface area contributed by atoms with Gasteiger partial charge in [0.1, 0.15) is 0 Å². The molecule has 3 rings (SSSR count). The van der Waals surface area contributed by atoms with E-state index in [9.17, 15) is 4.79 Å². The first-order chi connectivity index (χ1) is 10.2. The molecule has 0 atom stereocenters. The second kappa shape index (κ2) is 5.70. The first-order valence-electron chi connectivity index (χ1n) is 7.36. The molecule has 21 heavy (non-hydrogen) atoms. The third-order valence-electron chi connectivity index (χ3n) is 4.11. The first kappa shape index (κ1) is 13.8. The van der Waals surface area contributed by atoms with Crippen molar-refractivity contribution in [3.63, 3.8) is 0 Å². The fourth-order valence-electron chi connectivity index (χ4n) is 2.53. The summed E-state index contributed by atoms with van der Waals surface area (Å²) in [6.45, 7) is 0.575. The molecular formula is C18H20N2O. The van der Waals surface area contributed by atoms with E-state index in [1.807, 2.05) is 36.4 Å². The number of nitrogens with one attached hydrogen (secondary N) is 1. The molecule has 1 saturated carbocycles. The largest absolute Gasteiger partial charge is 0.354 e. The summed E-state index contributed by atoms with van der Waals surface area (Å²) in [5, 5.41) is 3.02. The molecule has 1 amide bonds. The Balaban J connectivity index is 1.78. The molecule has 0 radical (unpaired) electrons. The molecule has 108 valence electrons. The molecule has 0 saturated heterocycles. The van der Waals surface area contributed by atoms with Crippen molar-refractivity contribution in [2.24, 2.45) is 5.73 Å². The summed E-state index contributed by atoms with van der Waals surface area (Å²) >= 11 is 0. The number of carbonyl (C=O) groups excluding carboxylic acids is 1. The van der Waals surface area contributed by atoms with Crippen LogP contribution in [0.4, 0.5) is 0 Å². The van der Waals surface area contributed by atoms with Crippen LogP contribution in [-0.2, 0) is 4.79 Å². The number of nitrogens with two attached hydrogens (primary N) is 1. The van der Waals surface area contributed by atoms with Gasteiger partial charge >= 0.3 is 0 Å². The zero-order chi connectivity index (χ0) is 14.7. The van der Waals surface area contributed by atoms with Crippen LogP contribution < -0.4 is 11.1 Å². The van der Waals surface area contributed by atoms with Crippen molar-refractivity contribution in [2.75, 3.05) is 6.54 Å². The molecule has 0 spiro atoms. The Bertz CT molecular complexity index is 566. The average Bonchev–Trinajstić information content (AvgIpc) is 3.29. The molecule has 2 aromatic rings. The van der Waals surface area contributed by atoms with Crippen molar-refractivity contribution in [3.8, 4) is 0 Å². The average molecular weight is 280 g/mol. The van der Waals surface area contributed by atoms with Gasteiger partial charge in [0.2, 0.25) is 5.91 Å². The predicted molar refractivity (Wildman–Crippen MR) is 83.9 cm³/mol. The Kier molecular flexibility index (Phi) is 3.76. The molecule has 0 unspecified atom stereocenters. The standard InChI is InChI=1S/C18H20N2O/c19-18(11-12-18)17(21)20-13-16(14-7-3-1-4-8-14)15-9-5-2-6-10-15/h1-10,16H,11-13,19H2,(H,20,21). The normalized spacial score (nSPS) is 15.7. The van der Waals surface area contributed by atoms with E-state index in [1.165, 1.54) is 11.1 Å². The van der Waals surface area contributed by atoms with E-state index >= 15 is 0 Å². The number of amides is 1. The van der Waals surface area contributed by atoms with Crippen LogP contribution in [0.25, 0.3) is 0 Å². The van der Waals surface area contributed by atoms with Crippen molar-refractivity contribution in [1.82, 2.24) is 5.32 Å². The van der Waals surface area contributed by atoms with E-state index in [1.54, 1.807) is 0 Å². The minimum Gasteiger partial charge on any atom is -0.354 e. The van der Waals surface area contributed by atoms with Crippen LogP contribution in [0.3, 0.4) is 0 Å². The van der Waals surface area contributed by atoms with Crippen molar-refractivity contribution >= 4 is 5.91 Å². The Morgan fingerprint density at radius 3 is 1.90 bits per heavy atom. The fourth-order valence-corrected chi connectivity index (χ4v) is 2.53. The fraction of sp³-hybridized carbons (Fsp3) is 0.278. The van der Waals surface area contributed by atoms with Gasteiger partial charge in [-0.2, -0.15) is 0 Å². The summed E-state index contributed by atoms with van der Waals surface area (Å²) in [4.78, 5) is 12.1. The monoisotopic (exact) mass is 280 g/mol. The third kappa shape index (κ3) is 3.14. The molecule has 0 bridgehead atoms. The third-order valence-corrected chi connectivity index (χ3v) is 4.11. The van der Waals surface area contributed by atoms with Crippen LogP contribution in [0.1, 0.15) is 29.9 Å².